The SMILES string of the molecule is C#CCC(C(=O)O)C(C)C(C)C=C. The van der Waals surface area contributed by atoms with Crippen LogP contribution in [-0.2, 0) is 4.79 Å². The lowest BCUT2D eigenvalue weighted by atomic mass is 9.82. The fourth-order valence-corrected chi connectivity index (χ4v) is 1.21. The molecule has 0 aliphatic heterocycles. The van der Waals surface area contributed by atoms with Crippen LogP contribution in [-0.4, -0.2) is 11.1 Å². The molecule has 0 aromatic rings. The number of hydrogen-bond acceptors (Lipinski definition) is 1. The Balaban J connectivity index is 4.46. The maximum absolute atomic E-state index is 10.8. The van der Waals surface area contributed by atoms with E-state index < -0.39 is 11.9 Å². The van der Waals surface area contributed by atoms with Crippen molar-refractivity contribution in [1.82, 2.24) is 0 Å². The molecule has 0 aliphatic rings. The standard InChI is InChI=1S/C11H16O2/c1-5-7-10(11(12)13)9(4)8(3)6-2/h1,6,8-10H,2,7H2,3-4H3,(H,12,13). The van der Waals surface area contributed by atoms with Gasteiger partial charge in [-0.1, -0.05) is 19.9 Å². The fourth-order valence-electron chi connectivity index (χ4n) is 1.21. The molecule has 3 atom stereocenters. The molecule has 72 valence electrons. The minimum atomic E-state index is -0.820. The Morgan fingerprint density at radius 1 is 1.69 bits per heavy atom. The maximum Gasteiger partial charge on any atom is 0.307 e. The van der Waals surface area contributed by atoms with E-state index in [9.17, 15) is 4.79 Å². The number of terminal acetylenes is 1. The molecule has 0 saturated heterocycles. The van der Waals surface area contributed by atoms with E-state index in [0.717, 1.165) is 0 Å². The lowest BCUT2D eigenvalue weighted by Gasteiger charge is -2.21. The molecule has 0 radical (unpaired) electrons. The van der Waals surface area contributed by atoms with Gasteiger partial charge in [-0.25, -0.2) is 0 Å². The molecule has 13 heavy (non-hydrogen) atoms. The van der Waals surface area contributed by atoms with Gasteiger partial charge in [-0.3, -0.25) is 4.79 Å². The number of allylic oxidation sites excluding steroid dienone is 1. The van der Waals surface area contributed by atoms with E-state index >= 15 is 0 Å². The number of carbonyl (C=O) groups is 1. The highest BCUT2D eigenvalue weighted by molar-refractivity contribution is 5.70. The summed E-state index contributed by atoms with van der Waals surface area (Å²) in [5.74, 6) is 1.32. The van der Waals surface area contributed by atoms with Gasteiger partial charge < -0.3 is 5.11 Å². The summed E-state index contributed by atoms with van der Waals surface area (Å²) in [7, 11) is 0. The third kappa shape index (κ3) is 3.33. The minimum absolute atomic E-state index is 0.0334. The largest absolute Gasteiger partial charge is 0.481 e. The first-order valence-corrected chi connectivity index (χ1v) is 4.33. The smallest absolute Gasteiger partial charge is 0.307 e. The summed E-state index contributed by atoms with van der Waals surface area (Å²) in [6.07, 6.45) is 7.15. The van der Waals surface area contributed by atoms with Crippen LogP contribution in [0.4, 0.5) is 0 Å². The van der Waals surface area contributed by atoms with Crippen molar-refractivity contribution in [3.63, 3.8) is 0 Å². The third-order valence-electron chi connectivity index (χ3n) is 2.49. The first-order valence-electron chi connectivity index (χ1n) is 4.33. The molecular weight excluding hydrogens is 164 g/mol. The Bertz CT molecular complexity index is 225. The van der Waals surface area contributed by atoms with E-state index in [4.69, 9.17) is 11.5 Å². The molecule has 2 heteroatoms. The molecule has 0 heterocycles. The second-order valence-electron chi connectivity index (χ2n) is 3.31. The normalized spacial score (nSPS) is 16.7. The van der Waals surface area contributed by atoms with Crippen LogP contribution in [0.3, 0.4) is 0 Å². The minimum Gasteiger partial charge on any atom is -0.481 e. The average Bonchev–Trinajstić information content (AvgIpc) is 2.11. The quantitative estimate of drug-likeness (QED) is 0.520. The van der Waals surface area contributed by atoms with Crippen LogP contribution in [0.15, 0.2) is 12.7 Å². The van der Waals surface area contributed by atoms with E-state index in [1.165, 1.54) is 0 Å². The Hall–Kier alpha value is -1.23. The molecule has 0 aromatic carbocycles. The fraction of sp³-hybridized carbons (Fsp3) is 0.545. The number of carboxylic acids is 1. The number of rotatable bonds is 5. The second kappa shape index (κ2) is 5.42. The lowest BCUT2D eigenvalue weighted by molar-refractivity contribution is -0.143. The monoisotopic (exact) mass is 180 g/mol. The van der Waals surface area contributed by atoms with Crippen molar-refractivity contribution in [3.8, 4) is 12.3 Å². The van der Waals surface area contributed by atoms with Crippen molar-refractivity contribution in [2.75, 3.05) is 0 Å². The number of carboxylic acid groups (broad SMARTS) is 1. The van der Waals surface area contributed by atoms with E-state index in [0.29, 0.717) is 0 Å². The summed E-state index contributed by atoms with van der Waals surface area (Å²) in [4.78, 5) is 10.8. The summed E-state index contributed by atoms with van der Waals surface area (Å²) in [6, 6.07) is 0. The molecule has 0 fully saturated rings. The van der Waals surface area contributed by atoms with Crippen molar-refractivity contribution < 1.29 is 9.90 Å². The summed E-state index contributed by atoms with van der Waals surface area (Å²) < 4.78 is 0. The Kier molecular flexibility index (Phi) is 4.91. The predicted octanol–water partition coefficient (Wildman–Crippen LogP) is 2.17. The predicted molar refractivity (Wildman–Crippen MR) is 53.1 cm³/mol. The van der Waals surface area contributed by atoms with Gasteiger partial charge in [0, 0.05) is 6.42 Å². The van der Waals surface area contributed by atoms with Crippen molar-refractivity contribution in [2.24, 2.45) is 17.8 Å². The van der Waals surface area contributed by atoms with Crippen LogP contribution in [0.5, 0.6) is 0 Å². The van der Waals surface area contributed by atoms with Gasteiger partial charge in [0.1, 0.15) is 0 Å². The first-order chi connectivity index (χ1) is 6.04. The van der Waals surface area contributed by atoms with Crippen LogP contribution in [0.25, 0.3) is 0 Å². The molecule has 0 saturated carbocycles. The van der Waals surface area contributed by atoms with Gasteiger partial charge >= 0.3 is 5.97 Å². The maximum atomic E-state index is 10.8. The zero-order chi connectivity index (χ0) is 10.4. The third-order valence-corrected chi connectivity index (χ3v) is 2.49. The summed E-state index contributed by atoms with van der Waals surface area (Å²) in [5.41, 5.74) is 0. The Labute approximate surface area is 79.7 Å². The van der Waals surface area contributed by atoms with Crippen LogP contribution >= 0.6 is 0 Å². The zero-order valence-corrected chi connectivity index (χ0v) is 8.16. The molecule has 0 amide bonds. The number of aliphatic carboxylic acids is 1. The van der Waals surface area contributed by atoms with E-state index in [2.05, 4.69) is 12.5 Å². The highest BCUT2D eigenvalue weighted by Gasteiger charge is 2.26. The van der Waals surface area contributed by atoms with Crippen LogP contribution < -0.4 is 0 Å². The van der Waals surface area contributed by atoms with Gasteiger partial charge in [0.25, 0.3) is 0 Å². The van der Waals surface area contributed by atoms with E-state index in [1.54, 1.807) is 6.08 Å². The average molecular weight is 180 g/mol. The van der Waals surface area contributed by atoms with Crippen molar-refractivity contribution in [1.29, 1.82) is 0 Å². The number of hydrogen-bond donors (Lipinski definition) is 1. The van der Waals surface area contributed by atoms with Crippen LogP contribution in [0, 0.1) is 30.1 Å². The van der Waals surface area contributed by atoms with Gasteiger partial charge in [0.2, 0.25) is 0 Å². The highest BCUT2D eigenvalue weighted by atomic mass is 16.4. The molecule has 1 N–H and O–H groups in total. The molecule has 0 aliphatic carbocycles. The molecule has 0 bridgehead atoms. The topological polar surface area (TPSA) is 37.3 Å². The highest BCUT2D eigenvalue weighted by Crippen LogP contribution is 2.24. The summed E-state index contributed by atoms with van der Waals surface area (Å²) in [5, 5.41) is 8.89. The molecule has 2 nitrogen and oxygen atoms in total. The van der Waals surface area contributed by atoms with Crippen LogP contribution in [0.1, 0.15) is 20.3 Å². The van der Waals surface area contributed by atoms with E-state index in [1.807, 2.05) is 13.8 Å². The van der Waals surface area contributed by atoms with Gasteiger partial charge in [0.15, 0.2) is 0 Å². The van der Waals surface area contributed by atoms with Gasteiger partial charge in [-0.05, 0) is 11.8 Å². The van der Waals surface area contributed by atoms with Gasteiger partial charge in [-0.2, -0.15) is 0 Å². The van der Waals surface area contributed by atoms with Crippen molar-refractivity contribution >= 4 is 5.97 Å². The molecule has 3 unspecified atom stereocenters. The van der Waals surface area contributed by atoms with E-state index in [-0.39, 0.29) is 18.3 Å². The Morgan fingerprint density at radius 3 is 2.54 bits per heavy atom. The molecule has 0 spiro atoms. The summed E-state index contributed by atoms with van der Waals surface area (Å²) >= 11 is 0. The van der Waals surface area contributed by atoms with Crippen molar-refractivity contribution in [3.05, 3.63) is 12.7 Å². The van der Waals surface area contributed by atoms with Crippen LogP contribution in [0.2, 0.25) is 0 Å². The molecular formula is C11H16O2. The van der Waals surface area contributed by atoms with Gasteiger partial charge in [0.05, 0.1) is 5.92 Å². The molecule has 0 aromatic heterocycles. The van der Waals surface area contributed by atoms with Gasteiger partial charge in [-0.15, -0.1) is 18.9 Å². The Morgan fingerprint density at radius 2 is 2.23 bits per heavy atom. The first kappa shape index (κ1) is 11.8. The second-order valence-corrected chi connectivity index (χ2v) is 3.31. The lowest BCUT2D eigenvalue weighted by Crippen LogP contribution is -2.25. The van der Waals surface area contributed by atoms with Crippen molar-refractivity contribution in [2.45, 2.75) is 20.3 Å². The zero-order valence-electron chi connectivity index (χ0n) is 8.16. The summed E-state index contributed by atoms with van der Waals surface area (Å²) in [6.45, 7) is 7.48. The molecule has 0 rings (SSSR count).